The summed E-state index contributed by atoms with van der Waals surface area (Å²) in [6, 6.07) is 8.36. The molecule has 0 amide bonds. The molecule has 1 aromatic carbocycles. The lowest BCUT2D eigenvalue weighted by molar-refractivity contribution is 0.0697. The molecule has 0 bridgehead atoms. The first-order valence-electron chi connectivity index (χ1n) is 6.31. The minimum Gasteiger partial charge on any atom is -0.478 e. The number of aromatic nitrogens is 1. The predicted octanol–water partition coefficient (Wildman–Crippen LogP) is 2.29. The highest BCUT2D eigenvalue weighted by atomic mass is 16.4. The molecule has 0 spiro atoms. The Morgan fingerprint density at radius 1 is 1.38 bits per heavy atom. The molecule has 6 nitrogen and oxygen atoms in total. The first-order valence-corrected chi connectivity index (χ1v) is 6.31. The zero-order chi connectivity index (χ0) is 15.2. The Bertz CT molecular complexity index is 668. The normalized spacial score (nSPS) is 10.6. The van der Waals surface area contributed by atoms with Gasteiger partial charge in [0.25, 0.3) is 0 Å². The molecular formula is C15H16N4O2. The summed E-state index contributed by atoms with van der Waals surface area (Å²) in [7, 11) is 3.88. The second-order valence-corrected chi connectivity index (χ2v) is 4.58. The van der Waals surface area contributed by atoms with Crippen LogP contribution in [0.25, 0.3) is 0 Å². The van der Waals surface area contributed by atoms with Crippen LogP contribution in [0.2, 0.25) is 0 Å². The Labute approximate surface area is 122 Å². The van der Waals surface area contributed by atoms with Crippen LogP contribution in [0.1, 0.15) is 15.9 Å². The molecule has 0 aliphatic heterocycles. The second kappa shape index (κ2) is 6.51. The van der Waals surface area contributed by atoms with Gasteiger partial charge in [-0.2, -0.15) is 5.10 Å². The number of carboxylic acids is 1. The molecule has 0 aliphatic carbocycles. The molecule has 2 rings (SSSR count). The molecule has 6 heteroatoms. The van der Waals surface area contributed by atoms with Crippen LogP contribution in [0.4, 0.5) is 11.4 Å². The molecule has 0 fully saturated rings. The van der Waals surface area contributed by atoms with E-state index in [0.717, 1.165) is 11.3 Å². The summed E-state index contributed by atoms with van der Waals surface area (Å²) >= 11 is 0. The van der Waals surface area contributed by atoms with Crippen LogP contribution in [-0.2, 0) is 0 Å². The summed E-state index contributed by atoms with van der Waals surface area (Å²) in [6.45, 7) is 0. The number of carboxylic acid groups (broad SMARTS) is 1. The highest BCUT2D eigenvalue weighted by molar-refractivity contribution is 5.89. The lowest BCUT2D eigenvalue weighted by Crippen LogP contribution is -2.11. The maximum Gasteiger partial charge on any atom is 0.335 e. The average Bonchev–Trinajstić information content (AvgIpc) is 2.48. The Hall–Kier alpha value is -2.89. The van der Waals surface area contributed by atoms with Crippen LogP contribution in [-0.4, -0.2) is 36.4 Å². The van der Waals surface area contributed by atoms with E-state index in [9.17, 15) is 4.79 Å². The number of rotatable bonds is 5. The molecule has 2 aromatic rings. The van der Waals surface area contributed by atoms with E-state index in [1.54, 1.807) is 30.7 Å². The van der Waals surface area contributed by atoms with Crippen molar-refractivity contribution in [3.05, 3.63) is 53.9 Å². The summed E-state index contributed by atoms with van der Waals surface area (Å²) in [5, 5.41) is 13.1. The van der Waals surface area contributed by atoms with Gasteiger partial charge >= 0.3 is 5.97 Å². The summed E-state index contributed by atoms with van der Waals surface area (Å²) in [5.74, 6) is -0.968. The van der Waals surface area contributed by atoms with E-state index >= 15 is 0 Å². The van der Waals surface area contributed by atoms with E-state index < -0.39 is 5.97 Å². The number of aromatic carboxylic acids is 1. The molecule has 1 heterocycles. The van der Waals surface area contributed by atoms with Gasteiger partial charge in [-0.3, -0.25) is 10.4 Å². The van der Waals surface area contributed by atoms with Crippen LogP contribution in [0.5, 0.6) is 0 Å². The third-order valence-electron chi connectivity index (χ3n) is 2.82. The van der Waals surface area contributed by atoms with Gasteiger partial charge in [-0.1, -0.05) is 6.07 Å². The Morgan fingerprint density at radius 3 is 2.90 bits per heavy atom. The fourth-order valence-electron chi connectivity index (χ4n) is 1.80. The predicted molar refractivity (Wildman–Crippen MR) is 83.2 cm³/mol. The van der Waals surface area contributed by atoms with E-state index in [1.165, 1.54) is 12.1 Å². The van der Waals surface area contributed by atoms with E-state index in [1.807, 2.05) is 25.1 Å². The van der Waals surface area contributed by atoms with E-state index in [2.05, 4.69) is 15.5 Å². The number of pyridine rings is 1. The van der Waals surface area contributed by atoms with Gasteiger partial charge in [-0.15, -0.1) is 0 Å². The number of hydrogen-bond donors (Lipinski definition) is 2. The van der Waals surface area contributed by atoms with Gasteiger partial charge in [-0.25, -0.2) is 4.79 Å². The average molecular weight is 284 g/mol. The van der Waals surface area contributed by atoms with E-state index in [0.29, 0.717) is 5.69 Å². The molecule has 1 aromatic heterocycles. The van der Waals surface area contributed by atoms with Crippen molar-refractivity contribution >= 4 is 23.6 Å². The fraction of sp³-hybridized carbons (Fsp3) is 0.133. The molecule has 0 unspecified atom stereocenters. The monoisotopic (exact) mass is 284 g/mol. The molecule has 0 atom stereocenters. The van der Waals surface area contributed by atoms with Crippen molar-refractivity contribution in [3.8, 4) is 0 Å². The number of carbonyl (C=O) groups is 1. The van der Waals surface area contributed by atoms with Crippen LogP contribution >= 0.6 is 0 Å². The summed E-state index contributed by atoms with van der Waals surface area (Å²) < 4.78 is 0. The summed E-state index contributed by atoms with van der Waals surface area (Å²) in [4.78, 5) is 16.9. The SMILES string of the molecule is CN(C)c1ccncc1C=NNc1cccc(C(=O)O)c1. The number of hydrogen-bond acceptors (Lipinski definition) is 5. The van der Waals surface area contributed by atoms with Gasteiger partial charge in [0.15, 0.2) is 0 Å². The van der Waals surface area contributed by atoms with Gasteiger partial charge in [-0.05, 0) is 24.3 Å². The Kier molecular flexibility index (Phi) is 4.50. The van der Waals surface area contributed by atoms with Crippen molar-refractivity contribution in [1.82, 2.24) is 4.98 Å². The molecule has 108 valence electrons. The highest BCUT2D eigenvalue weighted by Crippen LogP contribution is 2.15. The number of nitrogens with one attached hydrogen (secondary N) is 1. The number of anilines is 2. The van der Waals surface area contributed by atoms with Gasteiger partial charge in [0.05, 0.1) is 17.5 Å². The Morgan fingerprint density at radius 2 is 2.19 bits per heavy atom. The quantitative estimate of drug-likeness (QED) is 0.650. The van der Waals surface area contributed by atoms with Gasteiger partial charge in [0.2, 0.25) is 0 Å². The zero-order valence-electron chi connectivity index (χ0n) is 11.8. The largest absolute Gasteiger partial charge is 0.478 e. The number of hydrazone groups is 1. The maximum absolute atomic E-state index is 10.9. The van der Waals surface area contributed by atoms with Gasteiger partial charge < -0.3 is 10.0 Å². The third-order valence-corrected chi connectivity index (χ3v) is 2.82. The van der Waals surface area contributed by atoms with Gasteiger partial charge in [0.1, 0.15) is 0 Å². The second-order valence-electron chi connectivity index (χ2n) is 4.58. The molecule has 21 heavy (non-hydrogen) atoms. The topological polar surface area (TPSA) is 77.8 Å². The molecule has 0 radical (unpaired) electrons. The molecular weight excluding hydrogens is 268 g/mol. The van der Waals surface area contributed by atoms with E-state index in [-0.39, 0.29) is 5.56 Å². The third kappa shape index (κ3) is 3.79. The van der Waals surface area contributed by atoms with Crippen molar-refractivity contribution < 1.29 is 9.90 Å². The van der Waals surface area contributed by atoms with E-state index in [4.69, 9.17) is 5.11 Å². The maximum atomic E-state index is 10.9. The molecule has 0 saturated carbocycles. The van der Waals surface area contributed by atoms with Crippen LogP contribution < -0.4 is 10.3 Å². The van der Waals surface area contributed by atoms with Crippen LogP contribution in [0, 0.1) is 0 Å². The molecule has 0 aliphatic rings. The zero-order valence-corrected chi connectivity index (χ0v) is 11.8. The standard InChI is InChI=1S/C15H16N4O2/c1-19(2)14-6-7-16-9-12(14)10-17-18-13-5-3-4-11(8-13)15(20)21/h3-10,18H,1-2H3,(H,20,21). The first kappa shape index (κ1) is 14.5. The first-order chi connectivity index (χ1) is 10.1. The number of nitrogens with zero attached hydrogens (tertiary/aromatic N) is 3. The molecule has 0 saturated heterocycles. The minimum atomic E-state index is -0.968. The fourth-order valence-corrected chi connectivity index (χ4v) is 1.80. The van der Waals surface area contributed by atoms with Crippen molar-refractivity contribution in [2.45, 2.75) is 0 Å². The van der Waals surface area contributed by atoms with Crippen LogP contribution in [0.3, 0.4) is 0 Å². The number of benzene rings is 1. The minimum absolute atomic E-state index is 0.213. The van der Waals surface area contributed by atoms with Crippen molar-refractivity contribution in [2.24, 2.45) is 5.10 Å². The summed E-state index contributed by atoms with van der Waals surface area (Å²) in [5.41, 5.74) is 5.50. The Balaban J connectivity index is 2.13. The van der Waals surface area contributed by atoms with Crippen LogP contribution in [0.15, 0.2) is 47.8 Å². The van der Waals surface area contributed by atoms with Crippen molar-refractivity contribution in [1.29, 1.82) is 0 Å². The smallest absolute Gasteiger partial charge is 0.335 e. The molecule has 2 N–H and O–H groups in total. The highest BCUT2D eigenvalue weighted by Gasteiger charge is 2.03. The van der Waals surface area contributed by atoms with Crippen molar-refractivity contribution in [2.75, 3.05) is 24.4 Å². The van der Waals surface area contributed by atoms with Crippen molar-refractivity contribution in [3.63, 3.8) is 0 Å². The lowest BCUT2D eigenvalue weighted by Gasteiger charge is -2.14. The lowest BCUT2D eigenvalue weighted by atomic mass is 10.2. The summed E-state index contributed by atoms with van der Waals surface area (Å²) in [6.07, 6.45) is 5.08. The van der Waals surface area contributed by atoms with Gasteiger partial charge in [0, 0.05) is 37.7 Å².